The molecule has 140 valence electrons. The largest absolute Gasteiger partial charge is 0.493 e. The van der Waals surface area contributed by atoms with E-state index in [0.717, 1.165) is 17.1 Å². The molecule has 3 rings (SSSR count). The molecule has 0 unspecified atom stereocenters. The average Bonchev–Trinajstić information content (AvgIpc) is 2.93. The molecule has 2 aromatic rings. The first-order valence-electron chi connectivity index (χ1n) is 8.66. The number of thioether (sulfide) groups is 1. The van der Waals surface area contributed by atoms with Gasteiger partial charge >= 0.3 is 0 Å². The summed E-state index contributed by atoms with van der Waals surface area (Å²) in [5.41, 5.74) is 0.864. The number of thiocarbonyl (C=S) groups is 1. The van der Waals surface area contributed by atoms with Crippen molar-refractivity contribution in [1.82, 2.24) is 4.90 Å². The lowest BCUT2D eigenvalue weighted by Crippen LogP contribution is -2.22. The maximum Gasteiger partial charge on any atom is 0.265 e. The number of likely N-dealkylation sites (N-methyl/N-ethyl adjacent to an activating group) is 1. The molecule has 0 aliphatic carbocycles. The Hall–Kier alpha value is -2.31. The Labute approximate surface area is 169 Å². The maximum absolute atomic E-state index is 12.2. The van der Waals surface area contributed by atoms with Crippen molar-refractivity contribution in [3.63, 3.8) is 0 Å². The van der Waals surface area contributed by atoms with Crippen molar-refractivity contribution < 1.29 is 14.3 Å². The van der Waals surface area contributed by atoms with Crippen LogP contribution in [-0.4, -0.2) is 35.4 Å². The normalized spacial score (nSPS) is 16.7. The van der Waals surface area contributed by atoms with Gasteiger partial charge in [0.1, 0.15) is 15.8 Å². The first-order chi connectivity index (χ1) is 13.0. The molecule has 6 heteroatoms. The fourth-order valence-corrected chi connectivity index (χ4v) is 3.62. The van der Waals surface area contributed by atoms with Gasteiger partial charge in [0.25, 0.3) is 5.91 Å². The Morgan fingerprint density at radius 2 is 1.74 bits per heavy atom. The molecule has 0 aromatic heterocycles. The second kappa shape index (κ2) is 9.06. The van der Waals surface area contributed by atoms with Crippen LogP contribution in [0.5, 0.6) is 11.5 Å². The van der Waals surface area contributed by atoms with Crippen LogP contribution in [0.4, 0.5) is 0 Å². The SMILES string of the molecule is C[C@H](COc1ccccc1)COc1ccccc1/C=C1/SC(=S)N(C)C1=O. The summed E-state index contributed by atoms with van der Waals surface area (Å²) in [7, 11) is 1.69. The van der Waals surface area contributed by atoms with E-state index in [1.54, 1.807) is 7.05 Å². The van der Waals surface area contributed by atoms with Crippen molar-refractivity contribution >= 4 is 40.3 Å². The van der Waals surface area contributed by atoms with Gasteiger partial charge in [0.2, 0.25) is 0 Å². The van der Waals surface area contributed by atoms with Crippen molar-refractivity contribution in [2.24, 2.45) is 5.92 Å². The fourth-order valence-electron chi connectivity index (χ4n) is 2.45. The quantitative estimate of drug-likeness (QED) is 0.502. The minimum atomic E-state index is -0.0792. The van der Waals surface area contributed by atoms with Crippen molar-refractivity contribution in [2.45, 2.75) is 6.92 Å². The van der Waals surface area contributed by atoms with Crippen LogP contribution in [-0.2, 0) is 4.79 Å². The summed E-state index contributed by atoms with van der Waals surface area (Å²) >= 11 is 6.49. The van der Waals surface area contributed by atoms with E-state index in [2.05, 4.69) is 6.92 Å². The van der Waals surface area contributed by atoms with E-state index in [1.807, 2.05) is 60.7 Å². The molecule has 0 radical (unpaired) electrons. The first-order valence-corrected chi connectivity index (χ1v) is 9.88. The third-order valence-corrected chi connectivity index (χ3v) is 5.48. The highest BCUT2D eigenvalue weighted by Gasteiger charge is 2.28. The zero-order valence-corrected chi connectivity index (χ0v) is 16.9. The molecule has 1 saturated heterocycles. The van der Waals surface area contributed by atoms with Gasteiger partial charge in [-0.1, -0.05) is 67.3 Å². The van der Waals surface area contributed by atoms with Crippen LogP contribution >= 0.6 is 24.0 Å². The molecule has 1 aliphatic heterocycles. The van der Waals surface area contributed by atoms with Crippen LogP contribution < -0.4 is 9.47 Å². The van der Waals surface area contributed by atoms with Gasteiger partial charge in [0.15, 0.2) is 0 Å². The summed E-state index contributed by atoms with van der Waals surface area (Å²) in [6.07, 6.45) is 1.84. The van der Waals surface area contributed by atoms with E-state index < -0.39 is 0 Å². The summed E-state index contributed by atoms with van der Waals surface area (Å²) in [6, 6.07) is 17.4. The predicted octanol–water partition coefficient (Wildman–Crippen LogP) is 4.61. The molecule has 0 spiro atoms. The maximum atomic E-state index is 12.2. The van der Waals surface area contributed by atoms with Gasteiger partial charge in [-0.15, -0.1) is 0 Å². The zero-order valence-electron chi connectivity index (χ0n) is 15.3. The van der Waals surface area contributed by atoms with Gasteiger partial charge in [-0.3, -0.25) is 9.69 Å². The molecule has 27 heavy (non-hydrogen) atoms. The van der Waals surface area contributed by atoms with E-state index in [4.69, 9.17) is 21.7 Å². The van der Waals surface area contributed by atoms with Crippen LogP contribution in [0.3, 0.4) is 0 Å². The molecule has 1 heterocycles. The molecule has 1 aliphatic rings. The Morgan fingerprint density at radius 3 is 2.44 bits per heavy atom. The van der Waals surface area contributed by atoms with Gasteiger partial charge in [-0.05, 0) is 24.3 Å². The molecule has 1 atom stereocenters. The highest BCUT2D eigenvalue weighted by molar-refractivity contribution is 8.26. The Balaban J connectivity index is 1.61. The Kier molecular flexibility index (Phi) is 6.53. The summed E-state index contributed by atoms with van der Waals surface area (Å²) in [4.78, 5) is 14.3. The third kappa shape index (κ3) is 5.11. The van der Waals surface area contributed by atoms with Gasteiger partial charge in [0, 0.05) is 18.5 Å². The smallest absolute Gasteiger partial charge is 0.265 e. The number of carbonyl (C=O) groups excluding carboxylic acids is 1. The monoisotopic (exact) mass is 399 g/mol. The molecular formula is C21H21NO3S2. The van der Waals surface area contributed by atoms with Crippen molar-refractivity contribution in [1.29, 1.82) is 0 Å². The van der Waals surface area contributed by atoms with Crippen molar-refractivity contribution in [2.75, 3.05) is 20.3 Å². The number of hydrogen-bond donors (Lipinski definition) is 0. The van der Waals surface area contributed by atoms with Gasteiger partial charge in [-0.25, -0.2) is 0 Å². The van der Waals surface area contributed by atoms with E-state index in [-0.39, 0.29) is 11.8 Å². The molecule has 4 nitrogen and oxygen atoms in total. The number of nitrogens with zero attached hydrogens (tertiary/aromatic N) is 1. The lowest BCUT2D eigenvalue weighted by Gasteiger charge is -2.15. The average molecular weight is 400 g/mol. The van der Waals surface area contributed by atoms with E-state index in [0.29, 0.717) is 22.4 Å². The molecule has 1 amide bonds. The fraction of sp³-hybridized carbons (Fsp3) is 0.238. The molecule has 0 N–H and O–H groups in total. The van der Waals surface area contributed by atoms with Crippen LogP contribution in [0, 0.1) is 5.92 Å². The summed E-state index contributed by atoms with van der Waals surface area (Å²) < 4.78 is 12.3. The molecule has 0 saturated carbocycles. The van der Waals surface area contributed by atoms with Crippen molar-refractivity contribution in [3.05, 3.63) is 65.1 Å². The number of benzene rings is 2. The minimum absolute atomic E-state index is 0.0792. The topological polar surface area (TPSA) is 38.8 Å². The highest BCUT2D eigenvalue weighted by atomic mass is 32.2. The van der Waals surface area contributed by atoms with Crippen molar-refractivity contribution in [3.8, 4) is 11.5 Å². The summed E-state index contributed by atoms with van der Waals surface area (Å²) in [6.45, 7) is 3.17. The molecular weight excluding hydrogens is 378 g/mol. The number of ether oxygens (including phenoxy) is 2. The molecule has 1 fully saturated rings. The second-order valence-corrected chi connectivity index (χ2v) is 7.99. The van der Waals surface area contributed by atoms with E-state index in [1.165, 1.54) is 16.7 Å². The van der Waals surface area contributed by atoms with Crippen LogP contribution in [0.15, 0.2) is 59.5 Å². The van der Waals surface area contributed by atoms with Crippen LogP contribution in [0.2, 0.25) is 0 Å². The van der Waals surface area contributed by atoms with Gasteiger partial charge in [-0.2, -0.15) is 0 Å². The minimum Gasteiger partial charge on any atom is -0.493 e. The van der Waals surface area contributed by atoms with Gasteiger partial charge < -0.3 is 9.47 Å². The van der Waals surface area contributed by atoms with Crippen LogP contribution in [0.25, 0.3) is 6.08 Å². The molecule has 2 aromatic carbocycles. The lowest BCUT2D eigenvalue weighted by atomic mass is 10.1. The zero-order chi connectivity index (χ0) is 19.2. The standard InChI is InChI=1S/C21H21NO3S2/c1-15(13-24-17-9-4-3-5-10-17)14-25-18-11-7-6-8-16(18)12-19-20(23)22(2)21(26)27-19/h3-12,15H,13-14H2,1-2H3/b19-12+/t15-/m1/s1. The number of carbonyl (C=O) groups is 1. The third-order valence-electron chi connectivity index (χ3n) is 3.99. The lowest BCUT2D eigenvalue weighted by molar-refractivity contribution is -0.121. The van der Waals surface area contributed by atoms with Gasteiger partial charge in [0.05, 0.1) is 18.1 Å². The van der Waals surface area contributed by atoms with E-state index in [9.17, 15) is 4.79 Å². The Bertz CT molecular complexity index is 852. The Morgan fingerprint density at radius 1 is 1.07 bits per heavy atom. The predicted molar refractivity (Wildman–Crippen MR) is 114 cm³/mol. The number of amides is 1. The highest BCUT2D eigenvalue weighted by Crippen LogP contribution is 2.33. The summed E-state index contributed by atoms with van der Waals surface area (Å²) in [5, 5.41) is 0. The summed E-state index contributed by atoms with van der Waals surface area (Å²) in [5.74, 6) is 1.73. The number of rotatable bonds is 7. The second-order valence-electron chi connectivity index (χ2n) is 6.32. The number of hydrogen-bond acceptors (Lipinski definition) is 5. The van der Waals surface area contributed by atoms with Crippen LogP contribution in [0.1, 0.15) is 12.5 Å². The van der Waals surface area contributed by atoms with E-state index >= 15 is 0 Å². The number of para-hydroxylation sites is 2. The first kappa shape index (κ1) is 19.5. The molecule has 0 bridgehead atoms.